The molecule has 2 aromatic carbocycles. The molecule has 0 spiro atoms. The molecule has 5 heteroatoms. The first-order valence-electron chi connectivity index (χ1n) is 8.61. The van der Waals surface area contributed by atoms with Crippen molar-refractivity contribution in [1.82, 2.24) is 15.3 Å². The van der Waals surface area contributed by atoms with Crippen LogP contribution >= 0.6 is 0 Å². The predicted octanol–water partition coefficient (Wildman–Crippen LogP) is 3.81. The lowest BCUT2D eigenvalue weighted by Crippen LogP contribution is -2.26. The van der Waals surface area contributed by atoms with E-state index in [-0.39, 0.29) is 5.91 Å². The van der Waals surface area contributed by atoms with Crippen molar-refractivity contribution in [2.45, 2.75) is 20.3 Å². The van der Waals surface area contributed by atoms with Crippen LogP contribution in [0.5, 0.6) is 0 Å². The first kappa shape index (κ1) is 17.6. The molecular formula is C21H22N4O. The summed E-state index contributed by atoms with van der Waals surface area (Å²) in [5.74, 6) is 0.398. The number of anilines is 2. The molecule has 132 valence electrons. The third-order valence-corrected chi connectivity index (χ3v) is 4.16. The van der Waals surface area contributed by atoms with Gasteiger partial charge in [0.1, 0.15) is 11.5 Å². The molecular weight excluding hydrogens is 324 g/mol. The van der Waals surface area contributed by atoms with E-state index in [1.807, 2.05) is 62.4 Å². The molecule has 0 fully saturated rings. The van der Waals surface area contributed by atoms with Crippen LogP contribution in [-0.4, -0.2) is 22.4 Å². The average Bonchev–Trinajstić information content (AvgIpc) is 2.66. The van der Waals surface area contributed by atoms with E-state index in [2.05, 4.69) is 20.6 Å². The molecule has 1 heterocycles. The zero-order valence-electron chi connectivity index (χ0n) is 15.0. The summed E-state index contributed by atoms with van der Waals surface area (Å²) in [5.41, 5.74) is 4.78. The second-order valence-electron chi connectivity index (χ2n) is 6.17. The number of carbonyl (C=O) groups is 1. The van der Waals surface area contributed by atoms with E-state index < -0.39 is 0 Å². The Kier molecular flexibility index (Phi) is 5.59. The molecule has 5 nitrogen and oxygen atoms in total. The Labute approximate surface area is 153 Å². The molecule has 1 aromatic heterocycles. The largest absolute Gasteiger partial charge is 0.350 e. The molecule has 0 aliphatic rings. The van der Waals surface area contributed by atoms with E-state index >= 15 is 0 Å². The molecule has 2 N–H and O–H groups in total. The topological polar surface area (TPSA) is 66.9 Å². The van der Waals surface area contributed by atoms with Crippen molar-refractivity contribution in [3.63, 3.8) is 0 Å². The van der Waals surface area contributed by atoms with Crippen molar-refractivity contribution >= 4 is 17.4 Å². The fourth-order valence-electron chi connectivity index (χ4n) is 2.71. The van der Waals surface area contributed by atoms with Crippen molar-refractivity contribution in [2.24, 2.45) is 0 Å². The van der Waals surface area contributed by atoms with Gasteiger partial charge in [-0.05, 0) is 37.0 Å². The molecule has 0 radical (unpaired) electrons. The summed E-state index contributed by atoms with van der Waals surface area (Å²) < 4.78 is 0. The van der Waals surface area contributed by atoms with E-state index in [1.165, 1.54) is 11.8 Å². The Hall–Kier alpha value is -3.21. The number of nitrogens with one attached hydrogen (secondary N) is 2. The fraction of sp³-hybridized carbons (Fsp3) is 0.190. The van der Waals surface area contributed by atoms with E-state index in [1.54, 1.807) is 6.20 Å². The molecule has 0 aliphatic heterocycles. The summed E-state index contributed by atoms with van der Waals surface area (Å²) in [4.78, 5) is 20.7. The highest BCUT2D eigenvalue weighted by Gasteiger charge is 2.09. The third-order valence-electron chi connectivity index (χ3n) is 4.16. The summed E-state index contributed by atoms with van der Waals surface area (Å²) >= 11 is 0. The fourth-order valence-corrected chi connectivity index (χ4v) is 2.71. The number of amides is 1. The number of rotatable bonds is 6. The molecule has 0 bridgehead atoms. The molecule has 0 atom stereocenters. The van der Waals surface area contributed by atoms with Gasteiger partial charge in [0.15, 0.2) is 0 Å². The lowest BCUT2D eigenvalue weighted by atomic mass is 10.1. The van der Waals surface area contributed by atoms with Crippen LogP contribution in [0.2, 0.25) is 0 Å². The van der Waals surface area contributed by atoms with Gasteiger partial charge in [-0.1, -0.05) is 48.5 Å². The number of benzene rings is 2. The van der Waals surface area contributed by atoms with E-state index in [0.29, 0.717) is 18.1 Å². The van der Waals surface area contributed by atoms with Crippen molar-refractivity contribution in [1.29, 1.82) is 0 Å². The number of carbonyl (C=O) groups excluding carboxylic acids is 1. The molecule has 0 aliphatic carbocycles. The van der Waals surface area contributed by atoms with Gasteiger partial charge in [-0.25, -0.2) is 9.97 Å². The van der Waals surface area contributed by atoms with Gasteiger partial charge in [-0.2, -0.15) is 0 Å². The zero-order chi connectivity index (χ0) is 18.4. The predicted molar refractivity (Wildman–Crippen MR) is 104 cm³/mol. The smallest absolute Gasteiger partial charge is 0.271 e. The Balaban J connectivity index is 1.57. The number of hydrogen-bond acceptors (Lipinski definition) is 4. The minimum Gasteiger partial charge on any atom is -0.350 e. The number of para-hydroxylation sites is 1. The van der Waals surface area contributed by atoms with Crippen LogP contribution in [0, 0.1) is 13.8 Å². The SMILES string of the molecule is Cc1cccc(C)c1Nc1cnc(C(=O)NCCc2ccccc2)cn1. The standard InChI is InChI=1S/C21H22N4O/c1-15-7-6-8-16(2)20(15)25-19-14-23-18(13-24-19)21(26)22-12-11-17-9-4-3-5-10-17/h3-10,13-14H,11-12H2,1-2H3,(H,22,26)(H,24,25). The zero-order valence-corrected chi connectivity index (χ0v) is 15.0. The van der Waals surface area contributed by atoms with Crippen molar-refractivity contribution < 1.29 is 4.79 Å². The van der Waals surface area contributed by atoms with Gasteiger partial charge in [0, 0.05) is 12.2 Å². The van der Waals surface area contributed by atoms with Gasteiger partial charge < -0.3 is 10.6 Å². The van der Waals surface area contributed by atoms with E-state index in [9.17, 15) is 4.79 Å². The molecule has 3 aromatic rings. The van der Waals surface area contributed by atoms with Gasteiger partial charge in [0.05, 0.1) is 12.4 Å². The number of nitrogens with zero attached hydrogens (tertiary/aromatic N) is 2. The van der Waals surface area contributed by atoms with Crippen LogP contribution in [0.3, 0.4) is 0 Å². The second kappa shape index (κ2) is 8.25. The highest BCUT2D eigenvalue weighted by molar-refractivity contribution is 5.92. The van der Waals surface area contributed by atoms with E-state index in [0.717, 1.165) is 23.2 Å². The van der Waals surface area contributed by atoms with Crippen molar-refractivity contribution in [3.8, 4) is 0 Å². The molecule has 3 rings (SSSR count). The Morgan fingerprint density at radius 1 is 0.923 bits per heavy atom. The van der Waals surface area contributed by atoms with Gasteiger partial charge in [0.2, 0.25) is 0 Å². The molecule has 26 heavy (non-hydrogen) atoms. The minimum atomic E-state index is -0.216. The highest BCUT2D eigenvalue weighted by atomic mass is 16.1. The normalized spacial score (nSPS) is 10.4. The summed E-state index contributed by atoms with van der Waals surface area (Å²) in [6.45, 7) is 4.64. The lowest BCUT2D eigenvalue weighted by Gasteiger charge is -2.11. The van der Waals surface area contributed by atoms with Crippen molar-refractivity contribution in [2.75, 3.05) is 11.9 Å². The summed E-state index contributed by atoms with van der Waals surface area (Å²) in [6, 6.07) is 16.1. The van der Waals surface area contributed by atoms with Gasteiger partial charge >= 0.3 is 0 Å². The number of hydrogen-bond donors (Lipinski definition) is 2. The maximum Gasteiger partial charge on any atom is 0.271 e. The Morgan fingerprint density at radius 2 is 1.65 bits per heavy atom. The maximum absolute atomic E-state index is 12.2. The van der Waals surface area contributed by atoms with Gasteiger partial charge in [0.25, 0.3) is 5.91 Å². The quantitative estimate of drug-likeness (QED) is 0.712. The van der Waals surface area contributed by atoms with Crippen LogP contribution in [0.25, 0.3) is 0 Å². The third kappa shape index (κ3) is 4.45. The van der Waals surface area contributed by atoms with Crippen LogP contribution in [0.1, 0.15) is 27.2 Å². The summed E-state index contributed by atoms with van der Waals surface area (Å²) in [5, 5.41) is 6.14. The first-order valence-corrected chi connectivity index (χ1v) is 8.61. The molecule has 0 saturated heterocycles. The Morgan fingerprint density at radius 3 is 2.31 bits per heavy atom. The first-order chi connectivity index (χ1) is 12.6. The average molecular weight is 346 g/mol. The minimum absolute atomic E-state index is 0.216. The van der Waals surface area contributed by atoms with Crippen molar-refractivity contribution in [3.05, 3.63) is 83.3 Å². The number of aryl methyl sites for hydroxylation is 2. The lowest BCUT2D eigenvalue weighted by molar-refractivity contribution is 0.0949. The van der Waals surface area contributed by atoms with Gasteiger partial charge in [-0.15, -0.1) is 0 Å². The van der Waals surface area contributed by atoms with Crippen LogP contribution in [0.4, 0.5) is 11.5 Å². The van der Waals surface area contributed by atoms with Crippen LogP contribution in [0.15, 0.2) is 60.9 Å². The van der Waals surface area contributed by atoms with Crippen LogP contribution in [-0.2, 0) is 6.42 Å². The Bertz CT molecular complexity index is 856. The molecule has 0 unspecified atom stereocenters. The van der Waals surface area contributed by atoms with Gasteiger partial charge in [-0.3, -0.25) is 4.79 Å². The summed E-state index contributed by atoms with van der Waals surface area (Å²) in [6.07, 6.45) is 3.86. The van der Waals surface area contributed by atoms with Crippen LogP contribution < -0.4 is 10.6 Å². The maximum atomic E-state index is 12.2. The highest BCUT2D eigenvalue weighted by Crippen LogP contribution is 2.22. The second-order valence-corrected chi connectivity index (χ2v) is 6.17. The molecule has 1 amide bonds. The van der Waals surface area contributed by atoms with E-state index in [4.69, 9.17) is 0 Å². The number of aromatic nitrogens is 2. The monoisotopic (exact) mass is 346 g/mol. The summed E-state index contributed by atoms with van der Waals surface area (Å²) in [7, 11) is 0. The molecule has 0 saturated carbocycles.